The first-order valence-electron chi connectivity index (χ1n) is 14.0. The van der Waals surface area contributed by atoms with E-state index in [9.17, 15) is 23.5 Å². The third-order valence-electron chi connectivity index (χ3n) is 8.39. The molecule has 10 heteroatoms. The van der Waals surface area contributed by atoms with Crippen molar-refractivity contribution < 1.29 is 23.5 Å². The van der Waals surface area contributed by atoms with Crippen LogP contribution in [0.1, 0.15) is 83.7 Å². The standard InChI is InChI=1S/C28H43F2N5O3/c1-28(2,3)25(27(38)34-16-19(36)15-22(34)26(37)31-4)35-24(17-10-8-6-5-7-9-11-17)23(32-33-35)18-12-13-20(29)21(30)14-18/h12-14,17,19,22-25,32-33,36H,5-11,15-16H2,1-4H3,(H,31,37)/t19-,22+,23?,24?,25-/m1/s1. The highest BCUT2D eigenvalue weighted by Crippen LogP contribution is 2.40. The predicted octanol–water partition coefficient (Wildman–Crippen LogP) is 3.18. The predicted molar refractivity (Wildman–Crippen MR) is 140 cm³/mol. The SMILES string of the molecule is CNC(=O)[C@@H]1C[C@@H](O)CN1C(=O)[C@@H](N1NNC(c2ccc(F)c(F)c2)C1C1CCCCCCC1)C(C)(C)C. The molecule has 0 bridgehead atoms. The first-order chi connectivity index (χ1) is 18.0. The lowest BCUT2D eigenvalue weighted by atomic mass is 9.78. The summed E-state index contributed by atoms with van der Waals surface area (Å²) in [6.45, 7) is 6.04. The van der Waals surface area contributed by atoms with Gasteiger partial charge in [-0.05, 0) is 41.9 Å². The van der Waals surface area contributed by atoms with Crippen LogP contribution in [-0.4, -0.2) is 64.7 Å². The lowest BCUT2D eigenvalue weighted by molar-refractivity contribution is -0.149. The Hall–Kier alpha value is -2.14. The summed E-state index contributed by atoms with van der Waals surface area (Å²) >= 11 is 0. The number of likely N-dealkylation sites (tertiary alicyclic amines) is 1. The van der Waals surface area contributed by atoms with Crippen molar-refractivity contribution >= 4 is 11.8 Å². The van der Waals surface area contributed by atoms with Crippen molar-refractivity contribution in [3.05, 3.63) is 35.4 Å². The quantitative estimate of drug-likeness (QED) is 0.463. The number of benzene rings is 1. The van der Waals surface area contributed by atoms with Crippen LogP contribution in [0, 0.1) is 23.0 Å². The molecule has 4 rings (SSSR count). The van der Waals surface area contributed by atoms with Crippen molar-refractivity contribution in [2.45, 2.75) is 102 Å². The number of halogens is 2. The second-order valence-electron chi connectivity index (χ2n) is 12.2. The molecule has 2 amide bonds. The van der Waals surface area contributed by atoms with Crippen LogP contribution in [0.25, 0.3) is 0 Å². The normalized spacial score (nSPS) is 28.7. The monoisotopic (exact) mass is 535 g/mol. The van der Waals surface area contributed by atoms with E-state index in [1.807, 2.05) is 25.8 Å². The first kappa shape index (κ1) is 28.9. The van der Waals surface area contributed by atoms with E-state index >= 15 is 0 Å². The Bertz CT molecular complexity index is 995. The van der Waals surface area contributed by atoms with Crippen molar-refractivity contribution in [1.29, 1.82) is 0 Å². The summed E-state index contributed by atoms with van der Waals surface area (Å²) in [4.78, 5) is 28.4. The smallest absolute Gasteiger partial charge is 0.242 e. The average molecular weight is 536 g/mol. The van der Waals surface area contributed by atoms with Crippen molar-refractivity contribution in [3.8, 4) is 0 Å². The number of aliphatic hydroxyl groups is 1. The minimum atomic E-state index is -0.901. The van der Waals surface area contributed by atoms with Gasteiger partial charge in [0, 0.05) is 20.0 Å². The molecule has 3 fully saturated rings. The van der Waals surface area contributed by atoms with Gasteiger partial charge in [0.05, 0.1) is 18.2 Å². The van der Waals surface area contributed by atoms with Gasteiger partial charge in [0.1, 0.15) is 12.1 Å². The maximum atomic E-state index is 14.3. The molecule has 8 nitrogen and oxygen atoms in total. The highest BCUT2D eigenvalue weighted by Gasteiger charge is 2.52. The Labute approximate surface area is 224 Å². The van der Waals surface area contributed by atoms with Crippen LogP contribution in [0.5, 0.6) is 0 Å². The zero-order chi connectivity index (χ0) is 27.6. The van der Waals surface area contributed by atoms with Gasteiger partial charge in [-0.3, -0.25) is 9.59 Å². The molecule has 3 aliphatic rings. The zero-order valence-electron chi connectivity index (χ0n) is 23.0. The number of hydrogen-bond acceptors (Lipinski definition) is 6. The topological polar surface area (TPSA) is 96.9 Å². The molecule has 212 valence electrons. The summed E-state index contributed by atoms with van der Waals surface area (Å²) in [5.41, 5.74) is 6.62. The Balaban J connectivity index is 1.73. The van der Waals surface area contributed by atoms with Gasteiger partial charge >= 0.3 is 0 Å². The summed E-state index contributed by atoms with van der Waals surface area (Å²) in [5.74, 6) is -2.12. The van der Waals surface area contributed by atoms with Crippen molar-refractivity contribution in [2.24, 2.45) is 11.3 Å². The number of hydrogen-bond donors (Lipinski definition) is 4. The van der Waals surface area contributed by atoms with E-state index in [0.29, 0.717) is 5.56 Å². The van der Waals surface area contributed by atoms with Crippen LogP contribution in [0.4, 0.5) is 8.78 Å². The number of likely N-dealkylation sites (N-methyl/N-ethyl adjacent to an activating group) is 1. The Kier molecular flexibility index (Phi) is 9.07. The number of aliphatic hydroxyl groups excluding tert-OH is 1. The van der Waals surface area contributed by atoms with Gasteiger partial charge < -0.3 is 15.3 Å². The van der Waals surface area contributed by atoms with E-state index in [2.05, 4.69) is 16.3 Å². The van der Waals surface area contributed by atoms with Gasteiger partial charge in [-0.25, -0.2) is 19.2 Å². The third kappa shape index (κ3) is 6.03. The summed E-state index contributed by atoms with van der Waals surface area (Å²) in [5, 5.41) is 15.0. The van der Waals surface area contributed by atoms with Crippen LogP contribution in [0.15, 0.2) is 18.2 Å². The molecule has 1 aromatic carbocycles. The van der Waals surface area contributed by atoms with Gasteiger partial charge in [-0.2, -0.15) is 5.53 Å². The molecular formula is C28H43F2N5O3. The van der Waals surface area contributed by atoms with E-state index in [1.165, 1.54) is 24.4 Å². The molecule has 5 atom stereocenters. The number of β-amino-alcohol motifs (C(OH)–C–C–N with tert-alkyl or cyclic N) is 1. The molecule has 38 heavy (non-hydrogen) atoms. The van der Waals surface area contributed by atoms with Gasteiger partial charge in [0.2, 0.25) is 11.8 Å². The molecule has 2 unspecified atom stereocenters. The summed E-state index contributed by atoms with van der Waals surface area (Å²) < 4.78 is 28.1. The summed E-state index contributed by atoms with van der Waals surface area (Å²) in [6.07, 6.45) is 7.03. The van der Waals surface area contributed by atoms with Crippen LogP contribution >= 0.6 is 0 Å². The van der Waals surface area contributed by atoms with Crippen molar-refractivity contribution in [2.75, 3.05) is 13.6 Å². The van der Waals surface area contributed by atoms with E-state index in [0.717, 1.165) is 44.6 Å². The second-order valence-corrected chi connectivity index (χ2v) is 12.2. The number of nitrogens with zero attached hydrogens (tertiary/aromatic N) is 2. The number of rotatable bonds is 5. The van der Waals surface area contributed by atoms with Crippen LogP contribution in [0.2, 0.25) is 0 Å². The van der Waals surface area contributed by atoms with Crippen LogP contribution < -0.4 is 16.3 Å². The van der Waals surface area contributed by atoms with E-state index in [1.54, 1.807) is 6.07 Å². The van der Waals surface area contributed by atoms with Gasteiger partial charge in [-0.1, -0.05) is 58.9 Å². The number of carbonyl (C=O) groups excluding carboxylic acids is 2. The van der Waals surface area contributed by atoms with Crippen molar-refractivity contribution in [3.63, 3.8) is 0 Å². The first-order valence-corrected chi connectivity index (χ1v) is 14.0. The zero-order valence-corrected chi connectivity index (χ0v) is 23.0. The maximum absolute atomic E-state index is 14.3. The van der Waals surface area contributed by atoms with Gasteiger partial charge in [0.25, 0.3) is 0 Å². The third-order valence-corrected chi connectivity index (χ3v) is 8.39. The molecule has 2 aliphatic heterocycles. The molecule has 0 aromatic heterocycles. The lowest BCUT2D eigenvalue weighted by Gasteiger charge is -2.44. The van der Waals surface area contributed by atoms with E-state index < -0.39 is 35.2 Å². The van der Waals surface area contributed by atoms with Gasteiger partial charge in [0.15, 0.2) is 11.6 Å². The Morgan fingerprint density at radius 2 is 1.74 bits per heavy atom. The number of nitrogens with one attached hydrogen (secondary N) is 3. The highest BCUT2D eigenvalue weighted by atomic mass is 19.2. The lowest BCUT2D eigenvalue weighted by Crippen LogP contribution is -2.62. The van der Waals surface area contributed by atoms with Crippen LogP contribution in [-0.2, 0) is 9.59 Å². The van der Waals surface area contributed by atoms with Crippen molar-refractivity contribution in [1.82, 2.24) is 26.2 Å². The Morgan fingerprint density at radius 3 is 2.34 bits per heavy atom. The largest absolute Gasteiger partial charge is 0.391 e. The summed E-state index contributed by atoms with van der Waals surface area (Å²) in [6, 6.07) is 1.98. The number of carbonyl (C=O) groups is 2. The minimum absolute atomic E-state index is 0.0888. The fourth-order valence-electron chi connectivity index (χ4n) is 6.55. The molecule has 4 N–H and O–H groups in total. The van der Waals surface area contributed by atoms with Crippen LogP contribution in [0.3, 0.4) is 0 Å². The molecular weight excluding hydrogens is 492 g/mol. The molecule has 1 aromatic rings. The van der Waals surface area contributed by atoms with E-state index in [4.69, 9.17) is 0 Å². The Morgan fingerprint density at radius 1 is 1.08 bits per heavy atom. The molecule has 1 saturated carbocycles. The average Bonchev–Trinajstić information content (AvgIpc) is 3.43. The fourth-order valence-corrected chi connectivity index (χ4v) is 6.55. The second kappa shape index (κ2) is 11.9. The number of hydrazine groups is 2. The minimum Gasteiger partial charge on any atom is -0.391 e. The fraction of sp³-hybridized carbons (Fsp3) is 0.714. The molecule has 0 radical (unpaired) electrons. The molecule has 1 aliphatic carbocycles. The number of amides is 2. The van der Waals surface area contributed by atoms with Gasteiger partial charge in [-0.15, -0.1) is 0 Å². The highest BCUT2D eigenvalue weighted by molar-refractivity contribution is 5.90. The summed E-state index contributed by atoms with van der Waals surface area (Å²) in [7, 11) is 1.53. The maximum Gasteiger partial charge on any atom is 0.242 e. The molecule has 0 spiro atoms. The van der Waals surface area contributed by atoms with E-state index in [-0.39, 0.29) is 42.8 Å². The molecule has 2 saturated heterocycles. The molecule has 2 heterocycles.